The summed E-state index contributed by atoms with van der Waals surface area (Å²) in [4.78, 5) is 4.84. The van der Waals surface area contributed by atoms with Crippen molar-refractivity contribution < 1.29 is 0 Å². The van der Waals surface area contributed by atoms with Crippen LogP contribution >= 0.6 is 38.9 Å². The van der Waals surface area contributed by atoms with Crippen LogP contribution in [0.4, 0.5) is 0 Å². The fourth-order valence-corrected chi connectivity index (χ4v) is 2.38. The molecule has 0 saturated heterocycles. The first-order valence-electron chi connectivity index (χ1n) is 2.61. The summed E-state index contributed by atoms with van der Waals surface area (Å²) in [5.41, 5.74) is 0. The first-order chi connectivity index (χ1) is 4.75. The van der Waals surface area contributed by atoms with E-state index in [2.05, 4.69) is 20.9 Å². The monoisotopic (exact) mass is 237 g/mol. The average Bonchev–Trinajstić information content (AvgIpc) is 2.34. The Kier molecular flexibility index (Phi) is 2.89. The molecule has 0 aliphatic heterocycles. The minimum absolute atomic E-state index is 0.557. The summed E-state index contributed by atoms with van der Waals surface area (Å²) in [6.07, 6.45) is 0. The quantitative estimate of drug-likeness (QED) is 0.667. The summed E-state index contributed by atoms with van der Waals surface area (Å²) in [6, 6.07) is 1.95. The largest absolute Gasteiger partial charge is 0.275 e. The molecule has 0 unspecified atom stereocenters. The van der Waals surface area contributed by atoms with Crippen LogP contribution in [0.5, 0.6) is 0 Å². The molecule has 0 N–H and O–H groups in total. The normalized spacial score (nSPS) is 12.1. The second kappa shape index (κ2) is 3.51. The summed E-state index contributed by atoms with van der Waals surface area (Å²) >= 11 is 10.7. The van der Waals surface area contributed by atoms with Gasteiger partial charge >= 0.3 is 0 Å². The van der Waals surface area contributed by atoms with Crippen LogP contribution in [0.15, 0.2) is 20.9 Å². The van der Waals surface area contributed by atoms with Crippen molar-refractivity contribution in [2.24, 2.45) is 4.99 Å². The molecule has 0 aliphatic carbocycles. The smallest absolute Gasteiger partial charge is 0.141 e. The van der Waals surface area contributed by atoms with Gasteiger partial charge in [-0.2, -0.15) is 0 Å². The Labute approximate surface area is 76.9 Å². The number of aliphatic imine (C=N–C) groups is 1. The van der Waals surface area contributed by atoms with Gasteiger partial charge in [0.2, 0.25) is 0 Å². The molecule has 0 atom stereocenters. The van der Waals surface area contributed by atoms with Crippen molar-refractivity contribution in [3.05, 3.63) is 20.8 Å². The van der Waals surface area contributed by atoms with Crippen molar-refractivity contribution in [2.45, 2.75) is 0 Å². The summed E-state index contributed by atoms with van der Waals surface area (Å²) in [6.45, 7) is 0. The molecule has 1 rings (SSSR count). The zero-order chi connectivity index (χ0) is 7.56. The van der Waals surface area contributed by atoms with Crippen LogP contribution in [0, 0.1) is 0 Å². The van der Waals surface area contributed by atoms with E-state index in [9.17, 15) is 0 Å². The Morgan fingerprint density at radius 2 is 2.50 bits per heavy atom. The number of nitrogens with zero attached hydrogens (tertiary/aromatic N) is 1. The van der Waals surface area contributed by atoms with E-state index in [0.29, 0.717) is 5.17 Å². The lowest BCUT2D eigenvalue weighted by atomic mass is 10.5. The van der Waals surface area contributed by atoms with Crippen LogP contribution in [0.3, 0.4) is 0 Å². The zero-order valence-corrected chi connectivity index (χ0v) is 8.42. The predicted octanol–water partition coefficient (Wildman–Crippen LogP) is 3.13. The highest BCUT2D eigenvalue weighted by Gasteiger charge is 2.04. The maximum Gasteiger partial charge on any atom is 0.141 e. The Bertz CT molecular complexity index is 256. The van der Waals surface area contributed by atoms with Gasteiger partial charge in [-0.05, 0) is 27.4 Å². The van der Waals surface area contributed by atoms with Crippen LogP contribution in [-0.4, -0.2) is 12.2 Å². The molecule has 54 valence electrons. The molecule has 1 nitrogen and oxygen atoms in total. The van der Waals surface area contributed by atoms with Gasteiger partial charge in [0, 0.05) is 11.5 Å². The first kappa shape index (κ1) is 8.24. The topological polar surface area (TPSA) is 12.4 Å². The highest BCUT2D eigenvalue weighted by molar-refractivity contribution is 9.10. The van der Waals surface area contributed by atoms with Crippen LogP contribution < -0.4 is 0 Å². The molecule has 0 spiro atoms. The molecule has 0 amide bonds. The number of hydrogen-bond donors (Lipinski definition) is 0. The van der Waals surface area contributed by atoms with E-state index in [0.717, 1.165) is 9.35 Å². The van der Waals surface area contributed by atoms with E-state index in [1.54, 1.807) is 18.4 Å². The molecule has 0 saturated carbocycles. The molecule has 0 bridgehead atoms. The average molecular weight is 239 g/mol. The standard InChI is InChI=1S/C6H5BrClNS/c1-9-6(8)5-4(7)2-3-10-5/h2-3H,1H3. The SMILES string of the molecule is CN=C(Cl)c1sccc1Br. The molecular weight excluding hydrogens is 233 g/mol. The van der Waals surface area contributed by atoms with E-state index in [4.69, 9.17) is 11.6 Å². The maximum absolute atomic E-state index is 5.77. The van der Waals surface area contributed by atoms with E-state index in [-0.39, 0.29) is 0 Å². The van der Waals surface area contributed by atoms with Crippen molar-refractivity contribution in [3.8, 4) is 0 Å². The van der Waals surface area contributed by atoms with Crippen molar-refractivity contribution in [2.75, 3.05) is 7.05 Å². The summed E-state index contributed by atoms with van der Waals surface area (Å²) in [5.74, 6) is 0. The van der Waals surface area contributed by atoms with E-state index < -0.39 is 0 Å². The van der Waals surface area contributed by atoms with Crippen molar-refractivity contribution in [3.63, 3.8) is 0 Å². The molecular formula is C6H5BrClNS. The molecule has 0 fully saturated rings. The Hall–Kier alpha value is 0.140. The van der Waals surface area contributed by atoms with Gasteiger partial charge in [0.1, 0.15) is 5.17 Å². The Morgan fingerprint density at radius 3 is 2.90 bits per heavy atom. The summed E-state index contributed by atoms with van der Waals surface area (Å²) < 4.78 is 1.01. The Morgan fingerprint density at radius 1 is 1.80 bits per heavy atom. The van der Waals surface area contributed by atoms with Gasteiger partial charge in [-0.3, -0.25) is 4.99 Å². The summed E-state index contributed by atoms with van der Waals surface area (Å²) in [7, 11) is 1.68. The molecule has 0 radical (unpaired) electrons. The molecule has 0 aliphatic rings. The summed E-state index contributed by atoms with van der Waals surface area (Å²) in [5, 5.41) is 2.52. The highest BCUT2D eigenvalue weighted by Crippen LogP contribution is 2.24. The molecule has 1 aromatic rings. The van der Waals surface area contributed by atoms with E-state index >= 15 is 0 Å². The second-order valence-corrected chi connectivity index (χ2v) is 3.74. The third-order valence-corrected chi connectivity index (χ3v) is 3.32. The number of thiophene rings is 1. The van der Waals surface area contributed by atoms with Crippen LogP contribution in [-0.2, 0) is 0 Å². The van der Waals surface area contributed by atoms with Crippen LogP contribution in [0.25, 0.3) is 0 Å². The van der Waals surface area contributed by atoms with Crippen molar-refractivity contribution >= 4 is 44.0 Å². The lowest BCUT2D eigenvalue weighted by Gasteiger charge is -1.90. The van der Waals surface area contributed by atoms with Gasteiger partial charge in [-0.25, -0.2) is 0 Å². The number of rotatable bonds is 1. The predicted molar refractivity (Wildman–Crippen MR) is 50.3 cm³/mol. The fourth-order valence-electron chi connectivity index (χ4n) is 0.542. The third kappa shape index (κ3) is 1.59. The van der Waals surface area contributed by atoms with Gasteiger partial charge in [0.25, 0.3) is 0 Å². The first-order valence-corrected chi connectivity index (χ1v) is 4.66. The van der Waals surface area contributed by atoms with Gasteiger partial charge in [0.05, 0.1) is 4.88 Å². The maximum atomic E-state index is 5.77. The van der Waals surface area contributed by atoms with Crippen LogP contribution in [0.1, 0.15) is 4.88 Å². The molecule has 1 aromatic heterocycles. The highest BCUT2D eigenvalue weighted by atomic mass is 79.9. The third-order valence-electron chi connectivity index (χ3n) is 1.00. The minimum Gasteiger partial charge on any atom is -0.275 e. The van der Waals surface area contributed by atoms with Gasteiger partial charge < -0.3 is 0 Å². The molecule has 0 aromatic carbocycles. The van der Waals surface area contributed by atoms with Crippen molar-refractivity contribution in [1.82, 2.24) is 0 Å². The van der Waals surface area contributed by atoms with Gasteiger partial charge in [-0.1, -0.05) is 11.6 Å². The molecule has 4 heteroatoms. The number of halogens is 2. The van der Waals surface area contributed by atoms with Gasteiger partial charge in [-0.15, -0.1) is 11.3 Å². The minimum atomic E-state index is 0.557. The Balaban J connectivity index is 3.05. The lowest BCUT2D eigenvalue weighted by molar-refractivity contribution is 1.46. The lowest BCUT2D eigenvalue weighted by Crippen LogP contribution is -1.85. The van der Waals surface area contributed by atoms with E-state index in [1.165, 1.54) is 0 Å². The second-order valence-electron chi connectivity index (χ2n) is 1.61. The van der Waals surface area contributed by atoms with E-state index in [1.807, 2.05) is 11.4 Å². The molecule has 1 heterocycles. The van der Waals surface area contributed by atoms with Crippen LogP contribution in [0.2, 0.25) is 0 Å². The fraction of sp³-hybridized carbons (Fsp3) is 0.167. The van der Waals surface area contributed by atoms with Crippen molar-refractivity contribution in [1.29, 1.82) is 0 Å². The van der Waals surface area contributed by atoms with Gasteiger partial charge in [0.15, 0.2) is 0 Å². The molecule has 10 heavy (non-hydrogen) atoms. The zero-order valence-electron chi connectivity index (χ0n) is 5.27. The number of hydrogen-bond acceptors (Lipinski definition) is 2.